The van der Waals surface area contributed by atoms with Gasteiger partial charge in [0.25, 0.3) is 0 Å². The van der Waals surface area contributed by atoms with Crippen molar-refractivity contribution in [1.29, 1.82) is 0 Å². The molecular weight excluding hydrogens is 282 g/mol. The van der Waals surface area contributed by atoms with E-state index in [0.29, 0.717) is 6.54 Å². The highest BCUT2D eigenvalue weighted by Gasteiger charge is 2.13. The number of hydrogen-bond acceptors (Lipinski definition) is 6. The molecule has 0 unspecified atom stereocenters. The van der Waals surface area contributed by atoms with Gasteiger partial charge in [0.15, 0.2) is 0 Å². The summed E-state index contributed by atoms with van der Waals surface area (Å²) in [6.07, 6.45) is 1.57. The molecule has 106 valence electrons. The lowest BCUT2D eigenvalue weighted by molar-refractivity contribution is 0.824. The molecule has 3 rings (SSSR count). The Kier molecular flexibility index (Phi) is 3.81. The van der Waals surface area contributed by atoms with Crippen LogP contribution in [0.1, 0.15) is 16.8 Å². The highest BCUT2D eigenvalue weighted by Crippen LogP contribution is 2.32. The molecule has 0 fully saturated rings. The van der Waals surface area contributed by atoms with Gasteiger partial charge in [0.05, 0.1) is 11.2 Å². The third kappa shape index (κ3) is 2.59. The van der Waals surface area contributed by atoms with Gasteiger partial charge in [-0.1, -0.05) is 18.2 Å². The predicted molar refractivity (Wildman–Crippen MR) is 83.1 cm³/mol. The van der Waals surface area contributed by atoms with E-state index in [0.717, 1.165) is 37.8 Å². The van der Waals surface area contributed by atoms with Crippen molar-refractivity contribution in [2.24, 2.45) is 5.73 Å². The summed E-state index contributed by atoms with van der Waals surface area (Å²) < 4.78 is 0. The Morgan fingerprint density at radius 1 is 1.05 bits per heavy atom. The summed E-state index contributed by atoms with van der Waals surface area (Å²) in [4.78, 5) is 8.65. The highest BCUT2D eigenvalue weighted by atomic mass is 32.2. The number of aromatic nitrogens is 4. The topological polar surface area (TPSA) is 77.6 Å². The van der Waals surface area contributed by atoms with Crippen LogP contribution in [0.25, 0.3) is 10.9 Å². The molecule has 21 heavy (non-hydrogen) atoms. The Labute approximate surface area is 127 Å². The Hall–Kier alpha value is -2.05. The molecule has 2 aromatic heterocycles. The van der Waals surface area contributed by atoms with E-state index in [2.05, 4.69) is 20.2 Å². The number of nitrogens with two attached hydrogens (primary N) is 1. The summed E-state index contributed by atoms with van der Waals surface area (Å²) in [5.74, 6) is 0. The van der Waals surface area contributed by atoms with Gasteiger partial charge in [-0.2, -0.15) is 5.10 Å². The second kappa shape index (κ2) is 5.75. The van der Waals surface area contributed by atoms with Crippen molar-refractivity contribution in [3.63, 3.8) is 0 Å². The summed E-state index contributed by atoms with van der Waals surface area (Å²) in [5, 5.41) is 11.2. The fourth-order valence-corrected chi connectivity index (χ4v) is 3.12. The molecule has 0 radical (unpaired) electrons. The van der Waals surface area contributed by atoms with Gasteiger partial charge >= 0.3 is 0 Å². The Morgan fingerprint density at radius 2 is 1.86 bits per heavy atom. The van der Waals surface area contributed by atoms with Crippen molar-refractivity contribution >= 4 is 22.7 Å². The Balaban J connectivity index is 2.09. The van der Waals surface area contributed by atoms with Crippen LogP contribution in [0.2, 0.25) is 0 Å². The summed E-state index contributed by atoms with van der Waals surface area (Å²) in [7, 11) is 0. The van der Waals surface area contributed by atoms with Crippen LogP contribution in [0.5, 0.6) is 0 Å². The van der Waals surface area contributed by atoms with Crippen LogP contribution in [0.15, 0.2) is 40.6 Å². The van der Waals surface area contributed by atoms with E-state index in [1.165, 1.54) is 11.8 Å². The van der Waals surface area contributed by atoms with Crippen LogP contribution in [-0.4, -0.2) is 20.2 Å². The molecule has 5 nitrogen and oxygen atoms in total. The lowest BCUT2D eigenvalue weighted by Gasteiger charge is -2.10. The van der Waals surface area contributed by atoms with Crippen LogP contribution < -0.4 is 5.73 Å². The van der Waals surface area contributed by atoms with Gasteiger partial charge in [-0.25, -0.2) is 9.97 Å². The van der Waals surface area contributed by atoms with Gasteiger partial charge in [0.2, 0.25) is 0 Å². The maximum absolute atomic E-state index is 5.87. The molecular formula is C15H15N5S. The third-order valence-corrected chi connectivity index (χ3v) is 4.49. The van der Waals surface area contributed by atoms with Gasteiger partial charge in [-0.15, -0.1) is 5.10 Å². The maximum atomic E-state index is 5.87. The Bertz CT molecular complexity index is 798. The van der Waals surface area contributed by atoms with E-state index in [9.17, 15) is 0 Å². The molecule has 0 amide bonds. The minimum Gasteiger partial charge on any atom is -0.326 e. The van der Waals surface area contributed by atoms with Crippen molar-refractivity contribution in [3.05, 3.63) is 47.4 Å². The van der Waals surface area contributed by atoms with Crippen molar-refractivity contribution in [3.8, 4) is 0 Å². The Morgan fingerprint density at radius 3 is 2.67 bits per heavy atom. The average Bonchev–Trinajstić information content (AvgIpc) is 2.52. The predicted octanol–water partition coefficient (Wildman–Crippen LogP) is 2.65. The van der Waals surface area contributed by atoms with Crippen molar-refractivity contribution in [2.45, 2.75) is 30.4 Å². The van der Waals surface area contributed by atoms with Gasteiger partial charge < -0.3 is 5.73 Å². The quantitative estimate of drug-likeness (QED) is 0.749. The van der Waals surface area contributed by atoms with Gasteiger partial charge in [-0.05, 0) is 37.2 Å². The van der Waals surface area contributed by atoms with E-state index in [1.54, 1.807) is 6.33 Å². The molecule has 6 heteroatoms. The minimum absolute atomic E-state index is 0.438. The van der Waals surface area contributed by atoms with E-state index >= 15 is 0 Å². The van der Waals surface area contributed by atoms with E-state index < -0.39 is 0 Å². The van der Waals surface area contributed by atoms with Crippen molar-refractivity contribution in [2.75, 3.05) is 0 Å². The standard InChI is InChI=1S/C15H15N5S/c1-9-10(2)19-20-15(12(9)7-16)21-14-11-5-3-4-6-13(11)17-8-18-14/h3-6,8H,7,16H2,1-2H3. The molecule has 3 aromatic rings. The average molecular weight is 297 g/mol. The normalized spacial score (nSPS) is 11.0. The zero-order valence-corrected chi connectivity index (χ0v) is 12.7. The number of rotatable bonds is 3. The minimum atomic E-state index is 0.438. The first-order valence-electron chi connectivity index (χ1n) is 6.61. The van der Waals surface area contributed by atoms with Crippen LogP contribution in [-0.2, 0) is 6.54 Å². The first-order chi connectivity index (χ1) is 10.2. The first-order valence-corrected chi connectivity index (χ1v) is 7.42. The molecule has 0 bridgehead atoms. The van der Waals surface area contributed by atoms with Crippen LogP contribution in [0.3, 0.4) is 0 Å². The third-order valence-electron chi connectivity index (χ3n) is 3.45. The smallest absolute Gasteiger partial charge is 0.130 e. The van der Waals surface area contributed by atoms with Crippen molar-refractivity contribution in [1.82, 2.24) is 20.2 Å². The van der Waals surface area contributed by atoms with Gasteiger partial charge in [0.1, 0.15) is 16.4 Å². The zero-order chi connectivity index (χ0) is 14.8. The maximum Gasteiger partial charge on any atom is 0.130 e. The van der Waals surface area contributed by atoms with Gasteiger partial charge in [-0.3, -0.25) is 0 Å². The number of benzene rings is 1. The summed E-state index contributed by atoms with van der Waals surface area (Å²) in [5.41, 5.74) is 9.81. The molecule has 0 saturated heterocycles. The lowest BCUT2D eigenvalue weighted by Crippen LogP contribution is -2.07. The largest absolute Gasteiger partial charge is 0.326 e. The number of hydrogen-bond donors (Lipinski definition) is 1. The lowest BCUT2D eigenvalue weighted by atomic mass is 10.1. The van der Waals surface area contributed by atoms with Crippen LogP contribution >= 0.6 is 11.8 Å². The monoisotopic (exact) mass is 297 g/mol. The summed E-state index contributed by atoms with van der Waals surface area (Å²) >= 11 is 1.49. The van der Waals surface area contributed by atoms with Gasteiger partial charge in [0, 0.05) is 17.5 Å². The number of fused-ring (bicyclic) bond motifs is 1. The van der Waals surface area contributed by atoms with E-state index in [1.807, 2.05) is 38.1 Å². The molecule has 0 aliphatic heterocycles. The fourth-order valence-electron chi connectivity index (χ4n) is 2.11. The molecule has 2 N–H and O–H groups in total. The molecule has 1 aromatic carbocycles. The van der Waals surface area contributed by atoms with E-state index in [-0.39, 0.29) is 0 Å². The first kappa shape index (κ1) is 13.9. The highest BCUT2D eigenvalue weighted by molar-refractivity contribution is 7.99. The summed E-state index contributed by atoms with van der Waals surface area (Å²) in [6.45, 7) is 4.40. The molecule has 0 spiro atoms. The van der Waals surface area contributed by atoms with Crippen LogP contribution in [0, 0.1) is 13.8 Å². The fraction of sp³-hybridized carbons (Fsp3) is 0.200. The second-order valence-corrected chi connectivity index (χ2v) is 5.67. The molecule has 0 saturated carbocycles. The van der Waals surface area contributed by atoms with Crippen LogP contribution in [0.4, 0.5) is 0 Å². The second-order valence-electron chi connectivity index (χ2n) is 4.70. The molecule has 0 aliphatic rings. The SMILES string of the molecule is Cc1nnc(Sc2ncnc3ccccc23)c(CN)c1C. The molecule has 2 heterocycles. The number of nitrogens with zero attached hydrogens (tertiary/aromatic N) is 4. The van der Waals surface area contributed by atoms with Crippen molar-refractivity contribution < 1.29 is 0 Å². The summed E-state index contributed by atoms with van der Waals surface area (Å²) in [6, 6.07) is 7.92. The number of aryl methyl sites for hydroxylation is 1. The zero-order valence-electron chi connectivity index (χ0n) is 11.9. The molecule has 0 aliphatic carbocycles. The molecule has 0 atom stereocenters. The number of para-hydroxylation sites is 1. The van der Waals surface area contributed by atoms with E-state index in [4.69, 9.17) is 5.73 Å².